The van der Waals surface area contributed by atoms with Crippen LogP contribution >= 0.6 is 0 Å². The van der Waals surface area contributed by atoms with Crippen LogP contribution in [-0.4, -0.2) is 18.0 Å². The summed E-state index contributed by atoms with van der Waals surface area (Å²) in [5, 5.41) is 2.90. The summed E-state index contributed by atoms with van der Waals surface area (Å²) >= 11 is 0. The lowest BCUT2D eigenvalue weighted by atomic mass is 10.0. The Morgan fingerprint density at radius 1 is 1.38 bits per heavy atom. The van der Waals surface area contributed by atoms with Crippen molar-refractivity contribution in [3.63, 3.8) is 0 Å². The van der Waals surface area contributed by atoms with Crippen LogP contribution in [0.25, 0.3) is 0 Å². The summed E-state index contributed by atoms with van der Waals surface area (Å²) in [4.78, 5) is 11.4. The summed E-state index contributed by atoms with van der Waals surface area (Å²) in [6.45, 7) is 8.02. The predicted molar refractivity (Wildman–Crippen MR) is 55.3 cm³/mol. The van der Waals surface area contributed by atoms with Crippen molar-refractivity contribution < 1.29 is 4.79 Å². The van der Waals surface area contributed by atoms with Crippen molar-refractivity contribution in [2.45, 2.75) is 52.6 Å². The zero-order valence-corrected chi connectivity index (χ0v) is 9.13. The van der Waals surface area contributed by atoms with Gasteiger partial charge in [-0.1, -0.05) is 27.2 Å². The van der Waals surface area contributed by atoms with Crippen LogP contribution < -0.4 is 11.1 Å². The third-order valence-electron chi connectivity index (χ3n) is 2.13. The highest BCUT2D eigenvalue weighted by atomic mass is 16.2. The second-order valence-electron chi connectivity index (χ2n) is 3.97. The molecule has 3 N–H and O–H groups in total. The number of carbonyl (C=O) groups excluding carboxylic acids is 1. The number of hydrogen-bond donors (Lipinski definition) is 2. The quantitative estimate of drug-likeness (QED) is 0.679. The fraction of sp³-hybridized carbons (Fsp3) is 0.900. The van der Waals surface area contributed by atoms with E-state index in [9.17, 15) is 4.79 Å². The van der Waals surface area contributed by atoms with E-state index in [1.807, 2.05) is 20.8 Å². The van der Waals surface area contributed by atoms with Crippen LogP contribution in [0.1, 0.15) is 40.5 Å². The van der Waals surface area contributed by atoms with E-state index in [4.69, 9.17) is 5.73 Å². The first-order chi connectivity index (χ1) is 5.99. The third-order valence-corrected chi connectivity index (χ3v) is 2.13. The Kier molecular flexibility index (Phi) is 5.71. The number of nitrogens with two attached hydrogens (primary N) is 1. The molecular weight excluding hydrogens is 164 g/mol. The summed E-state index contributed by atoms with van der Waals surface area (Å²) in [6, 6.07) is -0.137. The van der Waals surface area contributed by atoms with Crippen molar-refractivity contribution in [2.75, 3.05) is 0 Å². The Bertz CT molecular complexity index is 157. The molecule has 3 heteroatoms. The molecule has 13 heavy (non-hydrogen) atoms. The van der Waals surface area contributed by atoms with Crippen LogP contribution in [0.4, 0.5) is 0 Å². The van der Waals surface area contributed by atoms with Gasteiger partial charge in [0, 0.05) is 6.04 Å². The molecule has 2 atom stereocenters. The Hall–Kier alpha value is -0.570. The van der Waals surface area contributed by atoms with Crippen molar-refractivity contribution in [3.05, 3.63) is 0 Å². The van der Waals surface area contributed by atoms with E-state index in [1.54, 1.807) is 0 Å². The minimum absolute atomic E-state index is 0.0315. The SMILES string of the molecule is CCCC(C)NC(=O)[C@H](N)C(C)C. The molecular formula is C10H22N2O. The Labute approximate surface area is 81.1 Å². The van der Waals surface area contributed by atoms with E-state index in [1.165, 1.54) is 0 Å². The monoisotopic (exact) mass is 186 g/mol. The maximum Gasteiger partial charge on any atom is 0.237 e. The van der Waals surface area contributed by atoms with Crippen molar-refractivity contribution in [3.8, 4) is 0 Å². The summed E-state index contributed by atoms with van der Waals surface area (Å²) in [6.07, 6.45) is 2.09. The second kappa shape index (κ2) is 5.97. The summed E-state index contributed by atoms with van der Waals surface area (Å²) in [5.74, 6) is 0.171. The lowest BCUT2D eigenvalue weighted by molar-refractivity contribution is -0.123. The Morgan fingerprint density at radius 2 is 1.92 bits per heavy atom. The van der Waals surface area contributed by atoms with Crippen LogP contribution in [0.2, 0.25) is 0 Å². The van der Waals surface area contributed by atoms with Crippen molar-refractivity contribution in [1.29, 1.82) is 0 Å². The molecule has 1 amide bonds. The van der Waals surface area contributed by atoms with E-state index < -0.39 is 0 Å². The smallest absolute Gasteiger partial charge is 0.237 e. The fourth-order valence-corrected chi connectivity index (χ4v) is 1.15. The first-order valence-electron chi connectivity index (χ1n) is 5.05. The lowest BCUT2D eigenvalue weighted by Crippen LogP contribution is -2.46. The minimum Gasteiger partial charge on any atom is -0.352 e. The zero-order chi connectivity index (χ0) is 10.4. The van der Waals surface area contributed by atoms with Crippen LogP contribution in [0.3, 0.4) is 0 Å². The van der Waals surface area contributed by atoms with Crippen molar-refractivity contribution in [1.82, 2.24) is 5.32 Å². The van der Waals surface area contributed by atoms with Gasteiger partial charge in [-0.3, -0.25) is 4.79 Å². The second-order valence-corrected chi connectivity index (χ2v) is 3.97. The molecule has 0 aliphatic heterocycles. The van der Waals surface area contributed by atoms with Gasteiger partial charge in [-0.2, -0.15) is 0 Å². The molecule has 0 saturated heterocycles. The minimum atomic E-state index is -0.376. The van der Waals surface area contributed by atoms with Gasteiger partial charge in [-0.05, 0) is 19.3 Å². The first kappa shape index (κ1) is 12.4. The maximum atomic E-state index is 11.4. The Morgan fingerprint density at radius 3 is 2.31 bits per heavy atom. The van der Waals surface area contributed by atoms with E-state index in [-0.39, 0.29) is 23.9 Å². The van der Waals surface area contributed by atoms with Crippen molar-refractivity contribution in [2.24, 2.45) is 11.7 Å². The molecule has 0 spiro atoms. The van der Waals surface area contributed by atoms with Gasteiger partial charge in [0.05, 0.1) is 6.04 Å². The normalized spacial score (nSPS) is 15.5. The van der Waals surface area contributed by atoms with Crippen LogP contribution in [0, 0.1) is 5.92 Å². The lowest BCUT2D eigenvalue weighted by Gasteiger charge is -2.19. The van der Waals surface area contributed by atoms with E-state index in [0.717, 1.165) is 12.8 Å². The molecule has 1 unspecified atom stereocenters. The van der Waals surface area contributed by atoms with Gasteiger partial charge in [-0.25, -0.2) is 0 Å². The van der Waals surface area contributed by atoms with Gasteiger partial charge in [-0.15, -0.1) is 0 Å². The van der Waals surface area contributed by atoms with Gasteiger partial charge in [0.2, 0.25) is 5.91 Å². The van der Waals surface area contributed by atoms with Gasteiger partial charge in [0.15, 0.2) is 0 Å². The van der Waals surface area contributed by atoms with E-state index in [0.29, 0.717) is 0 Å². The summed E-state index contributed by atoms with van der Waals surface area (Å²) in [7, 11) is 0. The molecule has 0 heterocycles. The highest BCUT2D eigenvalue weighted by Gasteiger charge is 2.18. The number of amides is 1. The molecule has 0 fully saturated rings. The molecule has 0 radical (unpaired) electrons. The van der Waals surface area contributed by atoms with Gasteiger partial charge in [0.25, 0.3) is 0 Å². The number of hydrogen-bond acceptors (Lipinski definition) is 2. The molecule has 0 aliphatic rings. The average Bonchev–Trinajstić information content (AvgIpc) is 2.03. The number of carbonyl (C=O) groups is 1. The molecule has 0 aromatic rings. The van der Waals surface area contributed by atoms with Gasteiger partial charge in [0.1, 0.15) is 0 Å². The van der Waals surface area contributed by atoms with Gasteiger partial charge < -0.3 is 11.1 Å². The summed E-state index contributed by atoms with van der Waals surface area (Å²) in [5.41, 5.74) is 5.69. The third kappa shape index (κ3) is 4.88. The molecule has 0 aromatic heterocycles. The number of rotatable bonds is 5. The van der Waals surface area contributed by atoms with Crippen LogP contribution in [0.15, 0.2) is 0 Å². The molecule has 0 aliphatic carbocycles. The maximum absolute atomic E-state index is 11.4. The predicted octanol–water partition coefficient (Wildman–Crippen LogP) is 1.27. The fourth-order valence-electron chi connectivity index (χ4n) is 1.15. The highest BCUT2D eigenvalue weighted by Crippen LogP contribution is 2.00. The zero-order valence-electron chi connectivity index (χ0n) is 9.13. The Balaban J connectivity index is 3.85. The molecule has 0 aromatic carbocycles. The summed E-state index contributed by atoms with van der Waals surface area (Å²) < 4.78 is 0. The molecule has 78 valence electrons. The van der Waals surface area contributed by atoms with Crippen LogP contribution in [0.5, 0.6) is 0 Å². The largest absolute Gasteiger partial charge is 0.352 e. The van der Waals surface area contributed by atoms with E-state index >= 15 is 0 Å². The van der Waals surface area contributed by atoms with Crippen LogP contribution in [-0.2, 0) is 4.79 Å². The standard InChI is InChI=1S/C10H22N2O/c1-5-6-8(4)12-10(13)9(11)7(2)3/h7-9H,5-6,11H2,1-4H3,(H,12,13)/t8?,9-/m1/s1. The number of nitrogens with one attached hydrogen (secondary N) is 1. The first-order valence-corrected chi connectivity index (χ1v) is 5.05. The highest BCUT2D eigenvalue weighted by molar-refractivity contribution is 5.81. The molecule has 0 bridgehead atoms. The van der Waals surface area contributed by atoms with Crippen molar-refractivity contribution >= 4 is 5.91 Å². The van der Waals surface area contributed by atoms with Gasteiger partial charge >= 0.3 is 0 Å². The molecule has 0 rings (SSSR count). The van der Waals surface area contributed by atoms with E-state index in [2.05, 4.69) is 12.2 Å². The molecule has 0 saturated carbocycles. The topological polar surface area (TPSA) is 55.1 Å². The average molecular weight is 186 g/mol. The molecule has 3 nitrogen and oxygen atoms in total.